The fraction of sp³-hybridized carbons (Fsp3) is 0.740. The number of likely N-dealkylation sites (tertiary alicyclic amines) is 7. The zero-order chi connectivity index (χ0) is 96.1. The lowest BCUT2D eigenvalue weighted by Gasteiger charge is -2.45. The van der Waals surface area contributed by atoms with Crippen molar-refractivity contribution in [2.75, 3.05) is 120 Å². The smallest absolute Gasteiger partial charge is 0.0477 e. The molecule has 7 saturated heterocycles. The van der Waals surface area contributed by atoms with Crippen LogP contribution in [-0.4, -0.2) is 237 Å². The van der Waals surface area contributed by atoms with Crippen molar-refractivity contribution in [1.82, 2.24) is 48.7 Å². The number of fused-ring (bicyclic) bond motifs is 12. The second-order valence-electron chi connectivity index (χ2n) is 47.8. The van der Waals surface area contributed by atoms with Gasteiger partial charge in [-0.1, -0.05) is 193 Å². The molecule has 12 nitrogen and oxygen atoms in total. The molecule has 7 saturated carbocycles. The summed E-state index contributed by atoms with van der Waals surface area (Å²) >= 11 is 0. The number of rotatable bonds is 0. The number of hydrogen-bond donors (Lipinski definition) is 0. The second kappa shape index (κ2) is 52.2. The molecule has 0 N–H and O–H groups in total. The first-order chi connectivity index (χ1) is 65.0. The number of aromatic nitrogens is 1. The number of para-hydroxylation sites is 3. The molecule has 0 amide bonds. The van der Waals surface area contributed by atoms with Crippen LogP contribution in [0, 0.1) is 65.1 Å². The van der Waals surface area contributed by atoms with Crippen LogP contribution in [0.1, 0.15) is 327 Å². The molecular weight excluding hydrogens is 1650 g/mol. The number of nitrogens with zero attached hydrogens (tertiary/aromatic N) is 12. The Kier molecular flexibility index (Phi) is 41.5. The van der Waals surface area contributed by atoms with E-state index in [1.807, 2.05) is 0 Å². The SMILES string of the molecule is CC1C2CCCC2CN1C.CC1C2CCCCC2CCN1C.CC1C2CCCCC2CN1C.CC1CC2CCCC2N1C.CC1CC2CCCCC2CN1C.CC1CC2CCCCC2N1C.CC1CCC2CCCCC2N1C.CC1CCc2ccccc2N1C.CC1Cc2ccccc2CN1C.CC1Cc2ccccc2N1C.CC1c2ccccc2CCN1C.Cn1ccc2ccccc21. The predicted molar refractivity (Wildman–Crippen MR) is 583 cm³/mol. The summed E-state index contributed by atoms with van der Waals surface area (Å²) in [4.78, 5) is 27.5. The zero-order valence-corrected chi connectivity index (χ0v) is 90.9. The van der Waals surface area contributed by atoms with E-state index in [1.165, 1.54) is 326 Å². The molecule has 0 radical (unpaired) electrons. The number of likely N-dealkylation sites (N-methyl/N-ethyl adjacent to an activating group) is 3. The van der Waals surface area contributed by atoms with Gasteiger partial charge in [0.05, 0.1) is 0 Å². The van der Waals surface area contributed by atoms with Gasteiger partial charge in [0.25, 0.3) is 0 Å². The predicted octanol–water partition coefficient (Wildman–Crippen LogP) is 26.7. The van der Waals surface area contributed by atoms with E-state index in [9.17, 15) is 0 Å². The monoisotopic (exact) mass is 1850 g/mol. The minimum atomic E-state index is 0.593. The molecule has 1 aromatic heterocycles. The van der Waals surface area contributed by atoms with Crippen molar-refractivity contribution >= 4 is 22.3 Å². The van der Waals surface area contributed by atoms with Crippen molar-refractivity contribution in [2.24, 2.45) is 72.1 Å². The number of hydrogen-bond acceptors (Lipinski definition) is 11. The maximum atomic E-state index is 2.63. The minimum absolute atomic E-state index is 0.593. The lowest BCUT2D eigenvalue weighted by Crippen LogP contribution is -2.48. The first kappa shape index (κ1) is 107. The topological polar surface area (TPSA) is 40.6 Å². The number of anilines is 2. The molecule has 0 spiro atoms. The molecule has 25 unspecified atom stereocenters. The van der Waals surface area contributed by atoms with E-state index >= 15 is 0 Å². The highest BCUT2D eigenvalue weighted by molar-refractivity contribution is 5.79. The molecule has 14 fully saturated rings. The van der Waals surface area contributed by atoms with Crippen LogP contribution < -0.4 is 9.80 Å². The summed E-state index contributed by atoms with van der Waals surface area (Å²) in [6.45, 7) is 33.5. The first-order valence-corrected chi connectivity index (χ1v) is 56.6. The largest absolute Gasteiger partial charge is 0.372 e. The molecule has 6 aromatic rings. The molecule has 5 aromatic carbocycles. The van der Waals surface area contributed by atoms with Crippen LogP contribution >= 0.6 is 0 Å². The maximum Gasteiger partial charge on any atom is 0.0477 e. The van der Waals surface area contributed by atoms with Gasteiger partial charge in [-0.25, -0.2) is 0 Å². The Labute approximate surface area is 829 Å². The Bertz CT molecular complexity index is 4180. The van der Waals surface area contributed by atoms with Crippen LogP contribution in [0.25, 0.3) is 10.9 Å². The molecule has 7 aliphatic carbocycles. The molecule has 18 aliphatic rings. The fourth-order valence-electron chi connectivity index (χ4n) is 29.1. The lowest BCUT2D eigenvalue weighted by atomic mass is 9.71. The average Bonchev–Trinajstić information content (AvgIpc) is 1.64. The quantitative estimate of drug-likeness (QED) is 0.146. The van der Waals surface area contributed by atoms with Crippen molar-refractivity contribution in [1.29, 1.82) is 0 Å². The van der Waals surface area contributed by atoms with E-state index in [4.69, 9.17) is 0 Å². The van der Waals surface area contributed by atoms with Crippen molar-refractivity contribution < 1.29 is 0 Å². The van der Waals surface area contributed by atoms with Crippen LogP contribution in [0.15, 0.2) is 134 Å². The third-order valence-electron chi connectivity index (χ3n) is 39.6. The summed E-state index contributed by atoms with van der Waals surface area (Å²) in [6.07, 6.45) is 55.7. The standard InChI is InChI=1S/C11H21N.C11H15N.C11H21N.C11H15N.C11H21N.C11H15N.2C10H19N.C10H13N.2C9H17N.C9H9N/c2*1-9-7-10-5-3-4-6-11(10)8-12(9)2;2*1-9-11-6-4-3-5-10(11)7-8-12(9)2;2*1-9-7-8-10-5-3-4-6-11(10)12(9)2;1-8-10-6-4-3-5-9(10)7-11(8)2;2*1-8-7-9-5-3-4-6-10(9)11(8)2;1-7-9-5-3-4-8(9)6-10(7)2;1-7-6-8-4-3-5-9(8)10(7)2;1-10-7-6-8-4-2-3-5-9(8)10/h9-11H,3-8H2,1-2H3;3-6,9H,7-8H2,1-2H3;9-11H,3-8H2,1-2H3;3-6,9H,7-8H2,1-2H3;9-11H,3-8H2,1-2H3;3-6,9H,7-8H2,1-2H3;2*8-10H,3-7H2,1-2H3;3-6,8H,7H2,1-2H3;2*7-9H,3-6H2,1-2H3;2-7H,1H3. The molecule has 0 bridgehead atoms. The molecule has 135 heavy (non-hydrogen) atoms. The van der Waals surface area contributed by atoms with Gasteiger partial charge >= 0.3 is 0 Å². The zero-order valence-electron chi connectivity index (χ0n) is 90.9. The Balaban J connectivity index is 0.000000125. The summed E-state index contributed by atoms with van der Waals surface area (Å²) in [5, 5.41) is 1.31. The Morgan fingerprint density at radius 3 is 1.30 bits per heavy atom. The molecule has 25 atom stereocenters. The molecule has 12 heterocycles. The van der Waals surface area contributed by atoms with Crippen LogP contribution in [0.5, 0.6) is 0 Å². The fourth-order valence-corrected chi connectivity index (χ4v) is 29.1. The third-order valence-corrected chi connectivity index (χ3v) is 39.6. The van der Waals surface area contributed by atoms with Crippen LogP contribution in [0.2, 0.25) is 0 Å². The lowest BCUT2D eigenvalue weighted by molar-refractivity contribution is 0.0447. The highest BCUT2D eigenvalue weighted by Crippen LogP contribution is 2.46. The van der Waals surface area contributed by atoms with Crippen LogP contribution in [-0.2, 0) is 39.3 Å². The average molecular weight is 1850 g/mol. The molecule has 24 rings (SSSR count). The molecule has 754 valence electrons. The first-order valence-electron chi connectivity index (χ1n) is 56.6. The highest BCUT2D eigenvalue weighted by Gasteiger charge is 2.44. The van der Waals surface area contributed by atoms with Crippen molar-refractivity contribution in [3.05, 3.63) is 167 Å². The van der Waals surface area contributed by atoms with E-state index in [0.717, 1.165) is 132 Å². The van der Waals surface area contributed by atoms with Crippen LogP contribution in [0.4, 0.5) is 11.4 Å². The van der Waals surface area contributed by atoms with Crippen molar-refractivity contribution in [3.8, 4) is 0 Å². The van der Waals surface area contributed by atoms with Crippen LogP contribution in [0.3, 0.4) is 0 Å². The summed E-state index contributed by atoms with van der Waals surface area (Å²) in [7, 11) is 26.8. The molecular formula is C123H202N12. The Morgan fingerprint density at radius 1 is 0.252 bits per heavy atom. The van der Waals surface area contributed by atoms with Gasteiger partial charge in [-0.05, 0) is 422 Å². The van der Waals surface area contributed by atoms with Gasteiger partial charge in [0, 0.05) is 162 Å². The van der Waals surface area contributed by atoms with Gasteiger partial charge in [-0.2, -0.15) is 0 Å². The highest BCUT2D eigenvalue weighted by atomic mass is 15.2. The number of aryl methyl sites for hydroxylation is 2. The Hall–Kier alpha value is -5.12. The van der Waals surface area contributed by atoms with Gasteiger partial charge in [0.15, 0.2) is 0 Å². The summed E-state index contributed by atoms with van der Waals surface area (Å²) in [5.41, 5.74) is 13.2. The van der Waals surface area contributed by atoms with Gasteiger partial charge in [0.1, 0.15) is 0 Å². The van der Waals surface area contributed by atoms with E-state index < -0.39 is 0 Å². The summed E-state index contributed by atoms with van der Waals surface area (Å²) in [5.74, 6) is 11.5. The van der Waals surface area contributed by atoms with Gasteiger partial charge in [-0.15, -0.1) is 0 Å². The number of piperidine rings is 3. The normalized spacial score (nSPS) is 35.1. The maximum absolute atomic E-state index is 2.63. The van der Waals surface area contributed by atoms with E-state index in [0.29, 0.717) is 24.2 Å². The van der Waals surface area contributed by atoms with Gasteiger partial charge in [0.2, 0.25) is 0 Å². The van der Waals surface area contributed by atoms with Gasteiger partial charge in [-0.3, -0.25) is 9.80 Å². The second-order valence-corrected chi connectivity index (χ2v) is 47.8. The Morgan fingerprint density at radius 2 is 0.681 bits per heavy atom. The third kappa shape index (κ3) is 28.5. The summed E-state index contributed by atoms with van der Waals surface area (Å²) < 4.78 is 2.12. The van der Waals surface area contributed by atoms with E-state index in [2.05, 4.69) is 353 Å². The van der Waals surface area contributed by atoms with Crippen molar-refractivity contribution in [2.45, 2.75) is 405 Å². The minimum Gasteiger partial charge on any atom is -0.372 e. The molecule has 11 aliphatic heterocycles. The van der Waals surface area contributed by atoms with Crippen molar-refractivity contribution in [3.63, 3.8) is 0 Å². The summed E-state index contributed by atoms with van der Waals surface area (Å²) in [6, 6.07) is 56.8. The number of benzene rings is 5. The van der Waals surface area contributed by atoms with E-state index in [-0.39, 0.29) is 0 Å². The van der Waals surface area contributed by atoms with Gasteiger partial charge < -0.3 is 48.7 Å². The molecule has 12 heteroatoms. The van der Waals surface area contributed by atoms with E-state index in [1.54, 1.807) is 0 Å².